The molecule has 0 N–H and O–H groups in total. The summed E-state index contributed by atoms with van der Waals surface area (Å²) in [7, 11) is 0. The topological polar surface area (TPSA) is 23.3 Å². The Morgan fingerprint density at radius 1 is 1.57 bits per heavy atom. The number of nitrogens with zero attached hydrogens (tertiary/aromatic N) is 1. The first kappa shape index (κ1) is 5.06. The SMILES string of the molecule is CC1(C)COC[N]1. The lowest BCUT2D eigenvalue weighted by molar-refractivity contribution is 0.181. The first-order valence-corrected chi connectivity index (χ1v) is 2.47. The van der Waals surface area contributed by atoms with E-state index in [4.69, 9.17) is 4.74 Å². The fraction of sp³-hybridized carbons (Fsp3) is 1.00. The lowest BCUT2D eigenvalue weighted by Crippen LogP contribution is -2.28. The van der Waals surface area contributed by atoms with Gasteiger partial charge in [0.2, 0.25) is 0 Å². The van der Waals surface area contributed by atoms with Gasteiger partial charge < -0.3 is 4.74 Å². The van der Waals surface area contributed by atoms with Gasteiger partial charge in [0.15, 0.2) is 0 Å². The van der Waals surface area contributed by atoms with Crippen LogP contribution < -0.4 is 5.32 Å². The van der Waals surface area contributed by atoms with Gasteiger partial charge in [0.1, 0.15) is 6.73 Å². The smallest absolute Gasteiger partial charge is 0.113 e. The molecule has 0 aromatic rings. The Bertz CT molecular complexity index is 62.5. The van der Waals surface area contributed by atoms with E-state index in [1.807, 2.05) is 0 Å². The third-order valence-electron chi connectivity index (χ3n) is 1.04. The van der Waals surface area contributed by atoms with Crippen LogP contribution in [0.2, 0.25) is 0 Å². The highest BCUT2D eigenvalue weighted by atomic mass is 16.5. The zero-order chi connectivity index (χ0) is 5.33. The second kappa shape index (κ2) is 1.46. The van der Waals surface area contributed by atoms with Crippen molar-refractivity contribution in [3.8, 4) is 0 Å². The number of ether oxygens (including phenoxy) is 1. The van der Waals surface area contributed by atoms with E-state index in [-0.39, 0.29) is 5.54 Å². The van der Waals surface area contributed by atoms with E-state index in [2.05, 4.69) is 19.2 Å². The van der Waals surface area contributed by atoms with Crippen LogP contribution in [0.25, 0.3) is 0 Å². The molecular weight excluding hydrogens is 90.1 g/mol. The highest BCUT2D eigenvalue weighted by Crippen LogP contribution is 2.09. The number of hydrogen-bond acceptors (Lipinski definition) is 1. The first-order chi connectivity index (χ1) is 3.21. The van der Waals surface area contributed by atoms with Gasteiger partial charge in [-0.1, -0.05) is 0 Å². The van der Waals surface area contributed by atoms with Crippen LogP contribution in [0.4, 0.5) is 0 Å². The van der Waals surface area contributed by atoms with Crippen LogP contribution in [0.1, 0.15) is 13.8 Å². The molecule has 7 heavy (non-hydrogen) atoms. The predicted octanol–water partition coefficient (Wildman–Crippen LogP) is 0.357. The zero-order valence-electron chi connectivity index (χ0n) is 4.77. The third-order valence-corrected chi connectivity index (χ3v) is 1.04. The molecule has 0 aromatic heterocycles. The summed E-state index contributed by atoms with van der Waals surface area (Å²) in [6.07, 6.45) is 0. The molecule has 41 valence electrons. The molecule has 2 heteroatoms. The van der Waals surface area contributed by atoms with Crippen LogP contribution in [-0.2, 0) is 4.74 Å². The summed E-state index contributed by atoms with van der Waals surface area (Å²) >= 11 is 0. The van der Waals surface area contributed by atoms with Crippen molar-refractivity contribution in [2.45, 2.75) is 19.4 Å². The van der Waals surface area contributed by atoms with Crippen LogP contribution in [0.15, 0.2) is 0 Å². The van der Waals surface area contributed by atoms with Gasteiger partial charge in [-0.25, -0.2) is 5.32 Å². The van der Waals surface area contributed by atoms with Gasteiger partial charge in [0.25, 0.3) is 0 Å². The maximum atomic E-state index is 4.99. The van der Waals surface area contributed by atoms with E-state index in [9.17, 15) is 0 Å². The molecule has 0 aliphatic carbocycles. The molecule has 2 nitrogen and oxygen atoms in total. The monoisotopic (exact) mass is 100 g/mol. The Morgan fingerprint density at radius 3 is 2.43 bits per heavy atom. The van der Waals surface area contributed by atoms with Crippen molar-refractivity contribution in [2.24, 2.45) is 0 Å². The van der Waals surface area contributed by atoms with Gasteiger partial charge >= 0.3 is 0 Å². The minimum Gasteiger partial charge on any atom is -0.363 e. The molecule has 0 spiro atoms. The Balaban J connectivity index is 2.40. The van der Waals surface area contributed by atoms with Crippen LogP contribution in [0, 0.1) is 0 Å². The quantitative estimate of drug-likeness (QED) is 0.431. The molecule has 1 fully saturated rings. The van der Waals surface area contributed by atoms with Gasteiger partial charge in [0, 0.05) is 0 Å². The van der Waals surface area contributed by atoms with Crippen molar-refractivity contribution in [1.82, 2.24) is 5.32 Å². The lowest BCUT2D eigenvalue weighted by Gasteiger charge is -2.10. The molecule has 1 rings (SSSR count). The number of rotatable bonds is 0. The van der Waals surface area contributed by atoms with Gasteiger partial charge in [-0.05, 0) is 13.8 Å². The molecule has 0 unspecified atom stereocenters. The van der Waals surface area contributed by atoms with Gasteiger partial charge in [0.05, 0.1) is 12.1 Å². The highest BCUT2D eigenvalue weighted by molar-refractivity contribution is 4.78. The van der Waals surface area contributed by atoms with E-state index in [0.717, 1.165) is 6.61 Å². The summed E-state index contributed by atoms with van der Waals surface area (Å²) in [6.45, 7) is 5.51. The average molecular weight is 100 g/mol. The van der Waals surface area contributed by atoms with Crippen molar-refractivity contribution in [3.63, 3.8) is 0 Å². The molecule has 1 aliphatic rings. The van der Waals surface area contributed by atoms with Crippen molar-refractivity contribution in [3.05, 3.63) is 0 Å². The summed E-state index contributed by atoms with van der Waals surface area (Å²) in [6, 6.07) is 0. The van der Waals surface area contributed by atoms with E-state index in [1.54, 1.807) is 0 Å². The second-order valence-corrected chi connectivity index (χ2v) is 2.45. The molecule has 1 heterocycles. The summed E-state index contributed by atoms with van der Waals surface area (Å²) in [5.41, 5.74) is 0.0972. The molecule has 0 amide bonds. The Kier molecular flexibility index (Phi) is 1.05. The van der Waals surface area contributed by atoms with Gasteiger partial charge in [-0.15, -0.1) is 0 Å². The molecule has 0 atom stereocenters. The molecule has 1 radical (unpaired) electrons. The minimum absolute atomic E-state index is 0.0972. The lowest BCUT2D eigenvalue weighted by atomic mass is 10.1. The third kappa shape index (κ3) is 1.14. The Hall–Kier alpha value is -0.0800. The van der Waals surface area contributed by atoms with Crippen molar-refractivity contribution < 1.29 is 4.74 Å². The van der Waals surface area contributed by atoms with Crippen LogP contribution in [-0.4, -0.2) is 18.9 Å². The summed E-state index contributed by atoms with van der Waals surface area (Å²) in [5.74, 6) is 0. The zero-order valence-corrected chi connectivity index (χ0v) is 4.77. The molecule has 1 aliphatic heterocycles. The van der Waals surface area contributed by atoms with Gasteiger partial charge in [-0.3, -0.25) is 0 Å². The maximum Gasteiger partial charge on any atom is 0.113 e. The maximum absolute atomic E-state index is 4.99. The first-order valence-electron chi connectivity index (χ1n) is 2.47. The molecule has 0 aromatic carbocycles. The fourth-order valence-corrected chi connectivity index (χ4v) is 0.561. The molecule has 0 bridgehead atoms. The molecule has 1 saturated heterocycles. The summed E-state index contributed by atoms with van der Waals surface area (Å²) in [5, 5.41) is 4.15. The van der Waals surface area contributed by atoms with Crippen LogP contribution in [0.5, 0.6) is 0 Å². The van der Waals surface area contributed by atoms with E-state index >= 15 is 0 Å². The molecule has 0 saturated carbocycles. The highest BCUT2D eigenvalue weighted by Gasteiger charge is 2.23. The Labute approximate surface area is 43.9 Å². The second-order valence-electron chi connectivity index (χ2n) is 2.45. The van der Waals surface area contributed by atoms with Crippen LogP contribution in [0.3, 0.4) is 0 Å². The number of hydrogen-bond donors (Lipinski definition) is 0. The van der Waals surface area contributed by atoms with Gasteiger partial charge in [-0.2, -0.15) is 0 Å². The van der Waals surface area contributed by atoms with E-state index in [1.165, 1.54) is 0 Å². The average Bonchev–Trinajstić information content (AvgIpc) is 1.84. The Morgan fingerprint density at radius 2 is 2.29 bits per heavy atom. The minimum atomic E-state index is 0.0972. The largest absolute Gasteiger partial charge is 0.363 e. The van der Waals surface area contributed by atoms with E-state index in [0.29, 0.717) is 6.73 Å². The van der Waals surface area contributed by atoms with Crippen molar-refractivity contribution in [1.29, 1.82) is 0 Å². The summed E-state index contributed by atoms with van der Waals surface area (Å²) in [4.78, 5) is 0. The normalized spacial score (nSPS) is 28.3. The fourth-order valence-electron chi connectivity index (χ4n) is 0.561. The standard InChI is InChI=1S/C5H10NO/c1-5(2)3-7-4-6-5/h3-4H2,1-2H3. The van der Waals surface area contributed by atoms with Crippen LogP contribution >= 0.6 is 0 Å². The molecular formula is C5H10NO. The van der Waals surface area contributed by atoms with E-state index < -0.39 is 0 Å². The van der Waals surface area contributed by atoms with Crippen molar-refractivity contribution >= 4 is 0 Å². The summed E-state index contributed by atoms with van der Waals surface area (Å²) < 4.78 is 4.99. The predicted molar refractivity (Wildman–Crippen MR) is 27.0 cm³/mol. The van der Waals surface area contributed by atoms with Crippen molar-refractivity contribution in [2.75, 3.05) is 13.3 Å².